The highest BCUT2D eigenvalue weighted by atomic mass is 35.5. The predicted octanol–water partition coefficient (Wildman–Crippen LogP) is 5.82. The third-order valence-electron chi connectivity index (χ3n) is 7.98. The van der Waals surface area contributed by atoms with Crippen LogP contribution in [0.15, 0.2) is 66.2 Å². The van der Waals surface area contributed by atoms with Gasteiger partial charge in [-0.2, -0.15) is 18.3 Å². The third kappa shape index (κ3) is 6.09. The number of hydrogen-bond donors (Lipinski definition) is 1. The number of fused-ring (bicyclic) bond motifs is 1. The number of amides is 1. The molecule has 250 valence electrons. The molecule has 7 rings (SSSR count). The molecule has 1 amide bonds. The Kier molecular flexibility index (Phi) is 8.74. The van der Waals surface area contributed by atoms with Crippen molar-refractivity contribution in [2.75, 3.05) is 13.7 Å². The molecule has 2 aliphatic rings. The molecule has 5 aromatic rings. The molecule has 0 bridgehead atoms. The van der Waals surface area contributed by atoms with Gasteiger partial charge >= 0.3 is 6.18 Å². The summed E-state index contributed by atoms with van der Waals surface area (Å²) < 4.78 is 70.5. The average Bonchev–Trinajstić information content (AvgIpc) is 3.83. The minimum Gasteiger partial charge on any atom is -0.376 e. The summed E-state index contributed by atoms with van der Waals surface area (Å²) in [6, 6.07) is 12.8. The summed E-state index contributed by atoms with van der Waals surface area (Å²) in [5.74, 6) is -0.970. The molecular weight excluding hydrogens is 698 g/mol. The smallest absolute Gasteiger partial charge is 0.376 e. The molecule has 2 fully saturated rings. The zero-order valence-corrected chi connectivity index (χ0v) is 27.0. The molecule has 1 unspecified atom stereocenters. The van der Waals surface area contributed by atoms with Crippen molar-refractivity contribution in [1.82, 2.24) is 29.8 Å². The maximum atomic E-state index is 14.3. The van der Waals surface area contributed by atoms with Crippen molar-refractivity contribution in [2.24, 2.45) is 5.73 Å². The Morgan fingerprint density at radius 2 is 1.92 bits per heavy atom. The second-order valence-corrected chi connectivity index (χ2v) is 12.6. The number of aromatic nitrogens is 6. The van der Waals surface area contributed by atoms with Gasteiger partial charge in [0.1, 0.15) is 46.3 Å². The molecule has 0 spiro atoms. The Labute approximate surface area is 284 Å². The highest BCUT2D eigenvalue weighted by Gasteiger charge is 2.53. The van der Waals surface area contributed by atoms with Gasteiger partial charge in [0.25, 0.3) is 5.91 Å². The van der Waals surface area contributed by atoms with Crippen molar-refractivity contribution >= 4 is 40.4 Å². The summed E-state index contributed by atoms with van der Waals surface area (Å²) in [6.07, 6.45) is -7.65. The molecule has 2 N–H and O–H groups in total. The van der Waals surface area contributed by atoms with Crippen molar-refractivity contribution < 1.29 is 36.9 Å². The number of benzene rings is 2. The van der Waals surface area contributed by atoms with Crippen molar-refractivity contribution in [3.8, 4) is 16.4 Å². The van der Waals surface area contributed by atoms with Gasteiger partial charge in [0.2, 0.25) is 0 Å². The van der Waals surface area contributed by atoms with E-state index < -0.39 is 60.1 Å². The van der Waals surface area contributed by atoms with Crippen LogP contribution in [0.25, 0.3) is 16.4 Å². The molecule has 6 atom stereocenters. The molecule has 48 heavy (non-hydrogen) atoms. The van der Waals surface area contributed by atoms with Crippen LogP contribution in [0, 0.1) is 0 Å². The molecule has 0 saturated carbocycles. The molecule has 2 aliphatic heterocycles. The fraction of sp³-hybridized carbons (Fsp3) is 0.300. The number of nitrogens with zero attached hydrogens (tertiary/aromatic N) is 6. The largest absolute Gasteiger partial charge is 0.418 e. The lowest BCUT2D eigenvalue weighted by Crippen LogP contribution is -2.57. The number of rotatable bonds is 7. The maximum Gasteiger partial charge on any atom is 0.418 e. The molecule has 0 radical (unpaired) electrons. The summed E-state index contributed by atoms with van der Waals surface area (Å²) in [4.78, 5) is 16.6. The lowest BCUT2D eigenvalue weighted by atomic mass is 9.89. The Morgan fingerprint density at radius 1 is 1.12 bits per heavy atom. The Hall–Kier alpha value is -3.90. The summed E-state index contributed by atoms with van der Waals surface area (Å²) in [5, 5.41) is 15.3. The summed E-state index contributed by atoms with van der Waals surface area (Å²) in [7, 11) is 1.41. The fourth-order valence-corrected chi connectivity index (χ4v) is 6.97. The molecule has 5 heterocycles. The topological polar surface area (TPSA) is 141 Å². The monoisotopic (exact) mass is 721 g/mol. The van der Waals surface area contributed by atoms with Crippen LogP contribution in [0.3, 0.4) is 0 Å². The standard InChI is InChI=1S/C30H24Cl2F3N7O5S/c1-44-26-23(41-11-18(38-40-41)28-37-22(32)13-48-28)25-21(12-45-29(47-25)14-5-3-2-4-6-14)46-24(26)20-10-17(27(36)43)39-42(20)19-9-15(31)7-8-16(19)30(33,34)35/h2-11,13,21,23-26,29H,12H2,1H3,(H2,36,43)/t21-,23+,24+,25+,26-,29?/m1/s1. The van der Waals surface area contributed by atoms with Crippen LogP contribution in [0.2, 0.25) is 10.2 Å². The van der Waals surface area contributed by atoms with Crippen molar-refractivity contribution in [2.45, 2.75) is 42.9 Å². The first-order chi connectivity index (χ1) is 23.0. The van der Waals surface area contributed by atoms with E-state index in [9.17, 15) is 18.0 Å². The lowest BCUT2D eigenvalue weighted by Gasteiger charge is -2.49. The lowest BCUT2D eigenvalue weighted by molar-refractivity contribution is -0.320. The quantitative estimate of drug-likeness (QED) is 0.220. The molecule has 12 nitrogen and oxygen atoms in total. The second kappa shape index (κ2) is 12.9. The highest BCUT2D eigenvalue weighted by molar-refractivity contribution is 7.13. The first kappa shape index (κ1) is 32.6. The SMILES string of the molecule is CO[C@@H]1[C@@H](n2cc(-c3nc(Cl)cs3)nn2)[C@H]2OC(c3ccccc3)OC[C@H]2O[C@H]1c1cc(C(N)=O)nn1-c1cc(Cl)ccc1C(F)(F)F. The van der Waals surface area contributed by atoms with Crippen molar-refractivity contribution in [3.63, 3.8) is 0 Å². The van der Waals surface area contributed by atoms with Gasteiger partial charge in [-0.05, 0) is 24.3 Å². The first-order valence-electron chi connectivity index (χ1n) is 14.3. The molecule has 2 aromatic carbocycles. The summed E-state index contributed by atoms with van der Waals surface area (Å²) >= 11 is 13.5. The van der Waals surface area contributed by atoms with Gasteiger partial charge in [0.05, 0.1) is 29.7 Å². The van der Waals surface area contributed by atoms with Gasteiger partial charge in [-0.1, -0.05) is 58.7 Å². The number of nitrogens with two attached hydrogens (primary N) is 1. The number of thiazole rings is 1. The summed E-state index contributed by atoms with van der Waals surface area (Å²) in [5.41, 5.74) is 4.97. The molecular formula is C30H24Cl2F3N7O5S. The first-order valence-corrected chi connectivity index (χ1v) is 16.0. The normalized spacial score (nSPS) is 24.4. The number of carbonyl (C=O) groups excluding carboxylic acids is 1. The molecule has 0 aliphatic carbocycles. The van der Waals surface area contributed by atoms with Crippen LogP contribution in [-0.2, 0) is 25.1 Å². The van der Waals surface area contributed by atoms with E-state index in [2.05, 4.69) is 20.4 Å². The van der Waals surface area contributed by atoms with Crippen LogP contribution in [0.1, 0.15) is 45.7 Å². The van der Waals surface area contributed by atoms with Gasteiger partial charge in [-0.3, -0.25) is 4.79 Å². The number of carbonyl (C=O) groups is 1. The van der Waals surface area contributed by atoms with Crippen LogP contribution < -0.4 is 5.73 Å². The van der Waals surface area contributed by atoms with Crippen molar-refractivity contribution in [1.29, 1.82) is 0 Å². The number of primary amides is 1. The predicted molar refractivity (Wildman–Crippen MR) is 166 cm³/mol. The molecule has 3 aromatic heterocycles. The highest BCUT2D eigenvalue weighted by Crippen LogP contribution is 2.46. The van der Waals surface area contributed by atoms with E-state index in [1.165, 1.54) is 29.2 Å². The van der Waals surface area contributed by atoms with Crippen LogP contribution >= 0.6 is 34.5 Å². The fourth-order valence-electron chi connectivity index (χ4n) is 5.91. The van der Waals surface area contributed by atoms with E-state index >= 15 is 0 Å². The molecule has 18 heteroatoms. The number of halogens is 5. The van der Waals surface area contributed by atoms with Gasteiger partial charge < -0.3 is 24.7 Å². The third-order valence-corrected chi connectivity index (χ3v) is 9.40. The second-order valence-electron chi connectivity index (χ2n) is 10.9. The Balaban J connectivity index is 1.36. The van der Waals surface area contributed by atoms with E-state index in [1.54, 1.807) is 11.6 Å². The average molecular weight is 723 g/mol. The zero-order chi connectivity index (χ0) is 33.7. The van der Waals surface area contributed by atoms with E-state index in [-0.39, 0.29) is 23.0 Å². The van der Waals surface area contributed by atoms with Gasteiger partial charge in [0.15, 0.2) is 12.0 Å². The number of methoxy groups -OCH3 is 1. The van der Waals surface area contributed by atoms with Gasteiger partial charge in [-0.25, -0.2) is 14.3 Å². The van der Waals surface area contributed by atoms with Crippen LogP contribution in [0.5, 0.6) is 0 Å². The number of ether oxygens (including phenoxy) is 4. The van der Waals surface area contributed by atoms with Gasteiger partial charge in [0, 0.05) is 23.1 Å². The Bertz CT molecular complexity index is 1960. The van der Waals surface area contributed by atoms with E-state index in [0.717, 1.165) is 28.4 Å². The van der Waals surface area contributed by atoms with Crippen LogP contribution in [-0.4, -0.2) is 67.7 Å². The number of alkyl halides is 3. The minimum absolute atomic E-state index is 0.00402. The van der Waals surface area contributed by atoms with E-state index in [1.807, 2.05) is 30.3 Å². The molecule has 2 saturated heterocycles. The Morgan fingerprint density at radius 3 is 2.60 bits per heavy atom. The zero-order valence-electron chi connectivity index (χ0n) is 24.6. The summed E-state index contributed by atoms with van der Waals surface area (Å²) in [6.45, 7) is 0.0269. The van der Waals surface area contributed by atoms with Gasteiger partial charge in [-0.15, -0.1) is 16.4 Å². The van der Waals surface area contributed by atoms with E-state index in [0.29, 0.717) is 15.9 Å². The van der Waals surface area contributed by atoms with Crippen LogP contribution in [0.4, 0.5) is 13.2 Å². The number of hydrogen-bond acceptors (Lipinski definition) is 10. The van der Waals surface area contributed by atoms with Crippen molar-refractivity contribution in [3.05, 3.63) is 98.9 Å². The maximum absolute atomic E-state index is 14.3. The van der Waals surface area contributed by atoms with E-state index in [4.69, 9.17) is 47.9 Å². The minimum atomic E-state index is -4.80.